The second-order valence-corrected chi connectivity index (χ2v) is 7.36. The topological polar surface area (TPSA) is 103 Å². The lowest BCUT2D eigenvalue weighted by Crippen LogP contribution is -2.19. The molecule has 3 N–H and O–H groups in total. The fourth-order valence-electron chi connectivity index (χ4n) is 3.04. The number of pyridine rings is 1. The Morgan fingerprint density at radius 2 is 2.15 bits per heavy atom. The average Bonchev–Trinajstić information content (AvgIpc) is 3.27. The van der Waals surface area contributed by atoms with E-state index in [4.69, 9.17) is 5.73 Å². The predicted octanol–water partition coefficient (Wildman–Crippen LogP) is 3.20. The molecule has 0 unspecified atom stereocenters. The van der Waals surface area contributed by atoms with Crippen LogP contribution in [0.1, 0.15) is 56.6 Å². The van der Waals surface area contributed by atoms with Crippen LogP contribution in [0.15, 0.2) is 18.3 Å². The van der Waals surface area contributed by atoms with Crippen LogP contribution < -0.4 is 11.1 Å². The molecule has 3 aromatic rings. The number of nitrogens with zero attached hydrogens (tertiary/aromatic N) is 3. The molecule has 1 saturated carbocycles. The van der Waals surface area contributed by atoms with Crippen molar-refractivity contribution in [3.05, 3.63) is 40.2 Å². The number of halogens is 2. The summed E-state index contributed by atoms with van der Waals surface area (Å²) in [6, 6.07) is 2.89. The Morgan fingerprint density at radius 1 is 1.41 bits per heavy atom. The Hall–Kier alpha value is -2.88. The van der Waals surface area contributed by atoms with Gasteiger partial charge in [-0.1, -0.05) is 0 Å². The molecule has 1 fully saturated rings. The number of carbonyl (C=O) groups is 2. The molecule has 3 heterocycles. The number of thiophene rings is 1. The summed E-state index contributed by atoms with van der Waals surface area (Å²) >= 11 is 0.910. The smallest absolute Gasteiger partial charge is 0.280 e. The molecule has 7 nitrogen and oxygen atoms in total. The molecule has 0 saturated heterocycles. The fraction of sp³-hybridized carbons (Fsp3) is 0.294. The third kappa shape index (κ3) is 3.05. The molecule has 0 bridgehead atoms. The molecule has 0 radical (unpaired) electrons. The Labute approximate surface area is 156 Å². The zero-order valence-corrected chi connectivity index (χ0v) is 15.0. The minimum atomic E-state index is -2.72. The predicted molar refractivity (Wildman–Crippen MR) is 96.2 cm³/mol. The first kappa shape index (κ1) is 17.5. The average molecular weight is 391 g/mol. The Balaban J connectivity index is 1.90. The number of alkyl halides is 2. The van der Waals surface area contributed by atoms with Crippen LogP contribution in [0.25, 0.3) is 10.2 Å². The number of aryl methyl sites for hydroxylation is 1. The van der Waals surface area contributed by atoms with E-state index >= 15 is 0 Å². The van der Waals surface area contributed by atoms with Crippen LogP contribution in [0, 0.1) is 0 Å². The molecule has 2 amide bonds. The Morgan fingerprint density at radius 3 is 2.70 bits per heavy atom. The lowest BCUT2D eigenvalue weighted by Gasteiger charge is -2.10. The number of fused-ring (bicyclic) bond motifs is 1. The minimum absolute atomic E-state index is 0.0846. The van der Waals surface area contributed by atoms with Crippen molar-refractivity contribution in [3.63, 3.8) is 0 Å². The zero-order valence-electron chi connectivity index (χ0n) is 14.2. The standard InChI is InChI=1S/C17H15F2N5O2S/c1-24-10(4-5-21-24)16(26)23-12-11-8(7-2-3-7)6-9(14(18)19)22-17(11)27-13(12)15(20)25/h4-7,14H,2-3H2,1H3,(H2,20,25)(H,23,26). The maximum Gasteiger partial charge on any atom is 0.280 e. The third-order valence-corrected chi connectivity index (χ3v) is 5.57. The first-order chi connectivity index (χ1) is 12.9. The van der Waals surface area contributed by atoms with Crippen LogP contribution in [0.2, 0.25) is 0 Å². The van der Waals surface area contributed by atoms with E-state index in [0.29, 0.717) is 10.9 Å². The summed E-state index contributed by atoms with van der Waals surface area (Å²) in [5.41, 5.74) is 6.31. The van der Waals surface area contributed by atoms with Crippen LogP contribution in [0.4, 0.5) is 14.5 Å². The highest BCUT2D eigenvalue weighted by Crippen LogP contribution is 2.48. The van der Waals surface area contributed by atoms with Crippen LogP contribution in [0.5, 0.6) is 0 Å². The van der Waals surface area contributed by atoms with Crippen molar-refractivity contribution >= 4 is 39.1 Å². The molecular formula is C17H15F2N5O2S. The highest BCUT2D eigenvalue weighted by atomic mass is 32.1. The van der Waals surface area contributed by atoms with Crippen molar-refractivity contribution in [1.29, 1.82) is 0 Å². The summed E-state index contributed by atoms with van der Waals surface area (Å²) in [7, 11) is 1.61. The summed E-state index contributed by atoms with van der Waals surface area (Å²) in [4.78, 5) is 28.9. The summed E-state index contributed by atoms with van der Waals surface area (Å²) in [6.45, 7) is 0. The number of anilines is 1. The van der Waals surface area contributed by atoms with Gasteiger partial charge in [0.15, 0.2) is 0 Å². The quantitative estimate of drug-likeness (QED) is 0.697. The number of hydrogen-bond donors (Lipinski definition) is 2. The van der Waals surface area contributed by atoms with E-state index < -0.39 is 18.2 Å². The van der Waals surface area contributed by atoms with Crippen molar-refractivity contribution in [2.75, 3.05) is 5.32 Å². The zero-order chi connectivity index (χ0) is 19.3. The number of amides is 2. The van der Waals surface area contributed by atoms with Crippen LogP contribution in [0.3, 0.4) is 0 Å². The van der Waals surface area contributed by atoms with Crippen molar-refractivity contribution in [2.45, 2.75) is 25.2 Å². The number of aromatic nitrogens is 3. The van der Waals surface area contributed by atoms with E-state index in [0.717, 1.165) is 24.2 Å². The number of rotatable bonds is 5. The molecule has 10 heteroatoms. The first-order valence-corrected chi connectivity index (χ1v) is 9.03. The van der Waals surface area contributed by atoms with Gasteiger partial charge in [-0.15, -0.1) is 11.3 Å². The number of nitrogens with one attached hydrogen (secondary N) is 1. The van der Waals surface area contributed by atoms with Gasteiger partial charge < -0.3 is 11.1 Å². The normalized spacial score (nSPS) is 14.1. The van der Waals surface area contributed by atoms with Crippen molar-refractivity contribution in [3.8, 4) is 0 Å². The van der Waals surface area contributed by atoms with Gasteiger partial charge in [0.1, 0.15) is 21.1 Å². The highest BCUT2D eigenvalue weighted by molar-refractivity contribution is 7.21. The molecule has 1 aliphatic carbocycles. The molecule has 0 aliphatic heterocycles. The summed E-state index contributed by atoms with van der Waals surface area (Å²) in [6.07, 6.45) is 0.470. The monoisotopic (exact) mass is 391 g/mol. The molecule has 27 heavy (non-hydrogen) atoms. The van der Waals surface area contributed by atoms with Crippen molar-refractivity contribution < 1.29 is 18.4 Å². The molecule has 0 aromatic carbocycles. The van der Waals surface area contributed by atoms with Crippen LogP contribution >= 0.6 is 11.3 Å². The highest BCUT2D eigenvalue weighted by Gasteiger charge is 2.32. The molecular weight excluding hydrogens is 376 g/mol. The number of carbonyl (C=O) groups excluding carboxylic acids is 2. The van der Waals surface area contributed by atoms with E-state index in [9.17, 15) is 18.4 Å². The van der Waals surface area contributed by atoms with Gasteiger partial charge in [0.2, 0.25) is 0 Å². The van der Waals surface area contributed by atoms with Crippen molar-refractivity contribution in [1.82, 2.24) is 14.8 Å². The largest absolute Gasteiger partial charge is 0.365 e. The fourth-order valence-corrected chi connectivity index (χ4v) is 4.06. The summed E-state index contributed by atoms with van der Waals surface area (Å²) in [5.74, 6) is -1.12. The molecule has 1 aliphatic rings. The van der Waals surface area contributed by atoms with Crippen LogP contribution in [-0.2, 0) is 7.05 Å². The van der Waals surface area contributed by atoms with E-state index in [1.54, 1.807) is 7.05 Å². The molecule has 4 rings (SSSR count). The molecule has 3 aromatic heterocycles. The minimum Gasteiger partial charge on any atom is -0.365 e. The van der Waals surface area contributed by atoms with Gasteiger partial charge in [-0.25, -0.2) is 13.8 Å². The second-order valence-electron chi connectivity index (χ2n) is 6.36. The van der Waals surface area contributed by atoms with E-state index in [1.807, 2.05) is 0 Å². The summed E-state index contributed by atoms with van der Waals surface area (Å²) in [5, 5.41) is 7.17. The van der Waals surface area contributed by atoms with Gasteiger partial charge >= 0.3 is 0 Å². The first-order valence-electron chi connectivity index (χ1n) is 8.21. The van der Waals surface area contributed by atoms with Gasteiger partial charge in [-0.2, -0.15) is 5.10 Å². The Bertz CT molecular complexity index is 1070. The molecule has 0 spiro atoms. The van der Waals surface area contributed by atoms with Gasteiger partial charge in [-0.05, 0) is 36.5 Å². The van der Waals surface area contributed by atoms with Gasteiger partial charge in [0.25, 0.3) is 18.2 Å². The summed E-state index contributed by atoms with van der Waals surface area (Å²) < 4.78 is 27.9. The van der Waals surface area contributed by atoms with E-state index in [-0.39, 0.29) is 32.7 Å². The van der Waals surface area contributed by atoms with E-state index in [1.165, 1.54) is 23.0 Å². The van der Waals surface area contributed by atoms with Crippen molar-refractivity contribution in [2.24, 2.45) is 12.8 Å². The number of primary amides is 1. The van der Waals surface area contributed by atoms with Gasteiger partial charge in [0, 0.05) is 18.6 Å². The molecule has 140 valence electrons. The maximum absolute atomic E-state index is 13.2. The number of hydrogen-bond acceptors (Lipinski definition) is 5. The van der Waals surface area contributed by atoms with Gasteiger partial charge in [-0.3, -0.25) is 14.3 Å². The third-order valence-electron chi connectivity index (χ3n) is 4.47. The lowest BCUT2D eigenvalue weighted by atomic mass is 10.0. The number of nitrogens with two attached hydrogens (primary N) is 1. The lowest BCUT2D eigenvalue weighted by molar-refractivity contribution is 0.100. The van der Waals surface area contributed by atoms with Crippen LogP contribution in [-0.4, -0.2) is 26.6 Å². The van der Waals surface area contributed by atoms with E-state index in [2.05, 4.69) is 15.4 Å². The van der Waals surface area contributed by atoms with Gasteiger partial charge in [0.05, 0.1) is 5.69 Å². The maximum atomic E-state index is 13.2. The second kappa shape index (κ2) is 6.38. The SMILES string of the molecule is Cn1nccc1C(=O)Nc1c(C(N)=O)sc2nc(C(F)F)cc(C3CC3)c12. The Kier molecular flexibility index (Phi) is 4.14. The molecule has 0 atom stereocenters.